The topological polar surface area (TPSA) is 84.1 Å². The summed E-state index contributed by atoms with van der Waals surface area (Å²) in [4.78, 5) is 23.9. The van der Waals surface area contributed by atoms with Gasteiger partial charge in [-0.05, 0) is 30.3 Å². The fraction of sp³-hybridized carbons (Fsp3) is 0.0625. The average molecular weight is 409 g/mol. The van der Waals surface area contributed by atoms with Crippen LogP contribution in [0.1, 0.15) is 10.4 Å². The fourth-order valence-corrected chi connectivity index (χ4v) is 2.78. The van der Waals surface area contributed by atoms with Crippen LogP contribution < -0.4 is 5.32 Å². The second-order valence-corrected chi connectivity index (χ2v) is 6.24. The summed E-state index contributed by atoms with van der Waals surface area (Å²) >= 11 is 9.29. The number of ether oxygens (including phenoxy) is 1. The minimum atomic E-state index is -0.594. The molecule has 0 aliphatic heterocycles. The summed E-state index contributed by atoms with van der Waals surface area (Å²) in [5, 5.41) is 10.5. The predicted octanol–water partition coefficient (Wildman–Crippen LogP) is 3.77. The molecule has 0 spiro atoms. The molecule has 24 heavy (non-hydrogen) atoms. The lowest BCUT2D eigenvalue weighted by Crippen LogP contribution is -2.21. The van der Waals surface area contributed by atoms with Gasteiger partial charge in [0, 0.05) is 9.86 Å². The van der Waals surface area contributed by atoms with Gasteiger partial charge in [-0.15, -0.1) is 0 Å². The summed E-state index contributed by atoms with van der Waals surface area (Å²) in [5.74, 6) is -1.07. The highest BCUT2D eigenvalue weighted by atomic mass is 79.9. The number of aromatic nitrogens is 2. The molecule has 0 aliphatic rings. The minimum Gasteiger partial charge on any atom is -0.452 e. The lowest BCUT2D eigenvalue weighted by Gasteiger charge is -2.08. The number of carbonyl (C=O) groups excluding carboxylic acids is 2. The van der Waals surface area contributed by atoms with E-state index in [9.17, 15) is 9.59 Å². The van der Waals surface area contributed by atoms with Crippen molar-refractivity contribution < 1.29 is 14.3 Å². The lowest BCUT2D eigenvalue weighted by atomic mass is 10.2. The number of amides is 1. The summed E-state index contributed by atoms with van der Waals surface area (Å²) < 4.78 is 5.81. The van der Waals surface area contributed by atoms with Crippen LogP contribution in [0.15, 0.2) is 47.1 Å². The number of aromatic amines is 1. The molecule has 0 fully saturated rings. The van der Waals surface area contributed by atoms with Crippen molar-refractivity contribution in [2.75, 3.05) is 11.9 Å². The quantitative estimate of drug-likeness (QED) is 0.644. The Bertz CT molecular complexity index is 926. The van der Waals surface area contributed by atoms with Crippen molar-refractivity contribution in [2.45, 2.75) is 0 Å². The van der Waals surface area contributed by atoms with Gasteiger partial charge in [-0.2, -0.15) is 5.10 Å². The molecule has 2 aromatic carbocycles. The van der Waals surface area contributed by atoms with Crippen molar-refractivity contribution in [3.05, 3.63) is 57.7 Å². The van der Waals surface area contributed by atoms with Crippen LogP contribution in [0.5, 0.6) is 0 Å². The molecule has 3 aromatic rings. The van der Waals surface area contributed by atoms with Crippen molar-refractivity contribution in [1.29, 1.82) is 0 Å². The molecule has 1 heterocycles. The molecule has 0 saturated carbocycles. The molecule has 0 radical (unpaired) electrons. The Hall–Kier alpha value is -2.38. The number of halogens is 2. The molecule has 0 saturated heterocycles. The van der Waals surface area contributed by atoms with Crippen LogP contribution in [0.25, 0.3) is 10.9 Å². The summed E-state index contributed by atoms with van der Waals surface area (Å²) in [7, 11) is 0. The number of fused-ring (bicyclic) bond motifs is 1. The summed E-state index contributed by atoms with van der Waals surface area (Å²) in [5.41, 5.74) is 1.50. The number of hydrogen-bond acceptors (Lipinski definition) is 4. The normalized spacial score (nSPS) is 10.6. The molecule has 2 N–H and O–H groups in total. The average Bonchev–Trinajstić information content (AvgIpc) is 3.03. The van der Waals surface area contributed by atoms with Gasteiger partial charge in [0.15, 0.2) is 6.61 Å². The number of hydrogen-bond donors (Lipinski definition) is 2. The fourth-order valence-electron chi connectivity index (χ4n) is 2.06. The van der Waals surface area contributed by atoms with Crippen LogP contribution in [-0.2, 0) is 9.53 Å². The Labute approximate surface area is 150 Å². The van der Waals surface area contributed by atoms with E-state index in [1.165, 1.54) is 0 Å². The first kappa shape index (κ1) is 16.5. The first-order chi connectivity index (χ1) is 11.5. The zero-order valence-electron chi connectivity index (χ0n) is 12.2. The van der Waals surface area contributed by atoms with E-state index in [0.29, 0.717) is 16.3 Å². The highest BCUT2D eigenvalue weighted by Gasteiger charge is 2.12. The van der Waals surface area contributed by atoms with Gasteiger partial charge in [0.1, 0.15) is 0 Å². The third-order valence-electron chi connectivity index (χ3n) is 3.22. The van der Waals surface area contributed by atoms with Crippen LogP contribution in [0.4, 0.5) is 5.69 Å². The molecular formula is C16H11BrClN3O3. The maximum absolute atomic E-state index is 12.0. The Morgan fingerprint density at radius 1 is 1.25 bits per heavy atom. The monoisotopic (exact) mass is 407 g/mol. The van der Waals surface area contributed by atoms with Crippen molar-refractivity contribution in [1.82, 2.24) is 10.2 Å². The number of nitrogens with one attached hydrogen (secondary N) is 2. The molecule has 0 aliphatic carbocycles. The van der Waals surface area contributed by atoms with Gasteiger partial charge in [-0.3, -0.25) is 9.89 Å². The first-order valence-electron chi connectivity index (χ1n) is 6.88. The molecule has 0 bridgehead atoms. The van der Waals surface area contributed by atoms with Crippen LogP contribution >= 0.6 is 27.5 Å². The smallest absolute Gasteiger partial charge is 0.338 e. The summed E-state index contributed by atoms with van der Waals surface area (Å²) in [6, 6.07) is 10.0. The lowest BCUT2D eigenvalue weighted by molar-refractivity contribution is -0.119. The maximum atomic E-state index is 12.0. The Morgan fingerprint density at radius 3 is 2.88 bits per heavy atom. The van der Waals surface area contributed by atoms with Gasteiger partial charge in [-0.25, -0.2) is 4.79 Å². The van der Waals surface area contributed by atoms with Crippen molar-refractivity contribution >= 4 is 56.0 Å². The van der Waals surface area contributed by atoms with Gasteiger partial charge < -0.3 is 10.1 Å². The van der Waals surface area contributed by atoms with Crippen LogP contribution in [0.2, 0.25) is 5.02 Å². The molecule has 122 valence electrons. The van der Waals surface area contributed by atoms with Crippen molar-refractivity contribution in [2.24, 2.45) is 0 Å². The zero-order chi connectivity index (χ0) is 17.1. The van der Waals surface area contributed by atoms with E-state index in [1.54, 1.807) is 42.6 Å². The number of rotatable bonds is 4. The number of benzene rings is 2. The predicted molar refractivity (Wildman–Crippen MR) is 94.2 cm³/mol. The number of H-pyrrole nitrogens is 1. The molecule has 3 rings (SSSR count). The molecule has 6 nitrogen and oxygen atoms in total. The largest absolute Gasteiger partial charge is 0.452 e. The van der Waals surface area contributed by atoms with E-state index in [-0.39, 0.29) is 0 Å². The van der Waals surface area contributed by atoms with E-state index in [2.05, 4.69) is 31.4 Å². The van der Waals surface area contributed by atoms with Crippen LogP contribution in [-0.4, -0.2) is 28.7 Å². The molecular weight excluding hydrogens is 398 g/mol. The Balaban J connectivity index is 1.60. The third kappa shape index (κ3) is 3.74. The number of carbonyl (C=O) groups is 2. The van der Waals surface area contributed by atoms with E-state index in [0.717, 1.165) is 15.4 Å². The van der Waals surface area contributed by atoms with E-state index in [1.807, 2.05) is 0 Å². The Morgan fingerprint density at radius 2 is 2.08 bits per heavy atom. The second-order valence-electron chi connectivity index (χ2n) is 4.92. The highest BCUT2D eigenvalue weighted by molar-refractivity contribution is 9.10. The number of nitrogens with zero attached hydrogens (tertiary/aromatic N) is 1. The molecule has 0 atom stereocenters. The minimum absolute atomic E-state index is 0.334. The number of esters is 1. The van der Waals surface area contributed by atoms with Gasteiger partial charge in [0.25, 0.3) is 5.91 Å². The van der Waals surface area contributed by atoms with Crippen LogP contribution in [0.3, 0.4) is 0 Å². The SMILES string of the molecule is O=C(COC(=O)c1ccc2cn[nH]c2c1)Nc1ccc(Br)cc1Cl. The van der Waals surface area contributed by atoms with Crippen molar-refractivity contribution in [3.8, 4) is 0 Å². The molecule has 1 aromatic heterocycles. The molecule has 0 unspecified atom stereocenters. The van der Waals surface area contributed by atoms with Gasteiger partial charge in [0.05, 0.1) is 28.0 Å². The van der Waals surface area contributed by atoms with Gasteiger partial charge in [-0.1, -0.05) is 33.6 Å². The maximum Gasteiger partial charge on any atom is 0.338 e. The second kappa shape index (κ2) is 7.02. The third-order valence-corrected chi connectivity index (χ3v) is 4.02. The Kier molecular flexibility index (Phi) is 4.82. The number of anilines is 1. The molecule has 8 heteroatoms. The van der Waals surface area contributed by atoms with E-state index >= 15 is 0 Å². The van der Waals surface area contributed by atoms with Gasteiger partial charge in [0.2, 0.25) is 0 Å². The van der Waals surface area contributed by atoms with Crippen LogP contribution in [0, 0.1) is 0 Å². The standard InChI is InChI=1S/C16H11BrClN3O3/c17-11-3-4-13(12(18)6-11)20-15(22)8-24-16(23)9-1-2-10-7-19-21-14(10)5-9/h1-7H,8H2,(H,19,21)(H,20,22). The van der Waals surface area contributed by atoms with E-state index < -0.39 is 18.5 Å². The van der Waals surface area contributed by atoms with E-state index in [4.69, 9.17) is 16.3 Å². The first-order valence-corrected chi connectivity index (χ1v) is 8.05. The van der Waals surface area contributed by atoms with Gasteiger partial charge >= 0.3 is 5.97 Å². The highest BCUT2D eigenvalue weighted by Crippen LogP contribution is 2.25. The zero-order valence-corrected chi connectivity index (χ0v) is 14.5. The van der Waals surface area contributed by atoms with Crippen molar-refractivity contribution in [3.63, 3.8) is 0 Å². The molecule has 1 amide bonds. The summed E-state index contributed by atoms with van der Waals surface area (Å²) in [6.07, 6.45) is 1.65. The summed E-state index contributed by atoms with van der Waals surface area (Å²) in [6.45, 7) is -0.410.